The number of hydrogen-bond acceptors (Lipinski definition) is 4. The number of fused-ring (bicyclic) bond motifs is 2. The molecule has 2 aromatic carbocycles. The lowest BCUT2D eigenvalue weighted by Crippen LogP contribution is -2.30. The molecule has 0 aromatic heterocycles. The summed E-state index contributed by atoms with van der Waals surface area (Å²) in [6, 6.07) is 12.8. The van der Waals surface area contributed by atoms with Crippen molar-refractivity contribution in [3.63, 3.8) is 0 Å². The molecule has 2 aliphatic heterocycles. The van der Waals surface area contributed by atoms with E-state index >= 15 is 0 Å². The van der Waals surface area contributed by atoms with Crippen molar-refractivity contribution >= 4 is 0 Å². The summed E-state index contributed by atoms with van der Waals surface area (Å²) in [5, 5.41) is 3.63. The highest BCUT2D eigenvalue weighted by atomic mass is 16.7. The predicted octanol–water partition coefficient (Wildman–Crippen LogP) is 3.83. The summed E-state index contributed by atoms with van der Waals surface area (Å²) in [5.74, 6) is 2.65. The van der Waals surface area contributed by atoms with Crippen molar-refractivity contribution in [2.75, 3.05) is 19.9 Å². The SMILES string of the molecule is CCCCOc1cccc(C2NCCc3cc4c(cc32)OCO4)c1. The first-order valence-electron chi connectivity index (χ1n) is 8.73. The Hall–Kier alpha value is -2.20. The monoisotopic (exact) mass is 325 g/mol. The van der Waals surface area contributed by atoms with Crippen LogP contribution in [0, 0.1) is 0 Å². The average Bonchev–Trinajstić information content (AvgIpc) is 3.07. The van der Waals surface area contributed by atoms with Crippen molar-refractivity contribution in [2.24, 2.45) is 0 Å². The molecule has 0 amide bonds. The minimum Gasteiger partial charge on any atom is -0.494 e. The molecule has 2 aliphatic rings. The smallest absolute Gasteiger partial charge is 0.231 e. The Labute approximate surface area is 142 Å². The molecule has 0 spiro atoms. The van der Waals surface area contributed by atoms with Crippen molar-refractivity contribution < 1.29 is 14.2 Å². The van der Waals surface area contributed by atoms with Crippen LogP contribution in [0.2, 0.25) is 0 Å². The standard InChI is InChI=1S/C20H23NO3/c1-2-3-9-22-16-6-4-5-15(10-16)20-17-12-19-18(23-13-24-19)11-14(17)7-8-21-20/h4-6,10-12,20-21H,2-3,7-9,13H2,1H3. The van der Waals surface area contributed by atoms with E-state index in [1.807, 2.05) is 6.07 Å². The molecule has 4 nitrogen and oxygen atoms in total. The largest absolute Gasteiger partial charge is 0.494 e. The number of rotatable bonds is 5. The molecule has 0 aliphatic carbocycles. The summed E-state index contributed by atoms with van der Waals surface area (Å²) >= 11 is 0. The number of unbranched alkanes of at least 4 members (excludes halogenated alkanes) is 1. The summed E-state index contributed by atoms with van der Waals surface area (Å²) < 4.78 is 16.9. The number of ether oxygens (including phenoxy) is 3. The number of benzene rings is 2. The van der Waals surface area contributed by atoms with E-state index in [0.29, 0.717) is 6.79 Å². The van der Waals surface area contributed by atoms with Crippen molar-refractivity contribution in [2.45, 2.75) is 32.2 Å². The zero-order chi connectivity index (χ0) is 16.4. The molecule has 0 radical (unpaired) electrons. The molecule has 0 bridgehead atoms. The first-order valence-corrected chi connectivity index (χ1v) is 8.73. The molecule has 2 aromatic rings. The van der Waals surface area contributed by atoms with Gasteiger partial charge in [-0.2, -0.15) is 0 Å². The summed E-state index contributed by atoms with van der Waals surface area (Å²) in [4.78, 5) is 0. The van der Waals surface area contributed by atoms with Gasteiger partial charge in [0.1, 0.15) is 5.75 Å². The van der Waals surface area contributed by atoms with Gasteiger partial charge in [-0.15, -0.1) is 0 Å². The van der Waals surface area contributed by atoms with Gasteiger partial charge in [0.05, 0.1) is 12.6 Å². The van der Waals surface area contributed by atoms with Crippen LogP contribution in [0.3, 0.4) is 0 Å². The summed E-state index contributed by atoms with van der Waals surface area (Å²) in [7, 11) is 0. The molecule has 24 heavy (non-hydrogen) atoms. The van der Waals surface area contributed by atoms with E-state index in [1.54, 1.807) is 0 Å². The molecule has 0 saturated carbocycles. The van der Waals surface area contributed by atoms with Crippen LogP contribution in [-0.4, -0.2) is 19.9 Å². The fourth-order valence-corrected chi connectivity index (χ4v) is 3.36. The number of hydrogen-bond donors (Lipinski definition) is 1. The highest BCUT2D eigenvalue weighted by molar-refractivity contribution is 5.52. The highest BCUT2D eigenvalue weighted by Crippen LogP contribution is 2.40. The molecular weight excluding hydrogens is 302 g/mol. The lowest BCUT2D eigenvalue weighted by molar-refractivity contribution is 0.174. The van der Waals surface area contributed by atoms with Crippen LogP contribution in [0.5, 0.6) is 17.2 Å². The Morgan fingerprint density at radius 1 is 1.17 bits per heavy atom. The van der Waals surface area contributed by atoms with Crippen LogP contribution in [-0.2, 0) is 6.42 Å². The van der Waals surface area contributed by atoms with Crippen molar-refractivity contribution in [3.05, 3.63) is 53.1 Å². The van der Waals surface area contributed by atoms with Crippen LogP contribution < -0.4 is 19.5 Å². The van der Waals surface area contributed by atoms with Crippen LogP contribution >= 0.6 is 0 Å². The van der Waals surface area contributed by atoms with Crippen LogP contribution in [0.1, 0.15) is 42.5 Å². The van der Waals surface area contributed by atoms with E-state index in [1.165, 1.54) is 16.7 Å². The van der Waals surface area contributed by atoms with Gasteiger partial charge in [0, 0.05) is 6.54 Å². The Bertz CT molecular complexity index is 729. The number of nitrogens with one attached hydrogen (secondary N) is 1. The molecule has 0 fully saturated rings. The predicted molar refractivity (Wildman–Crippen MR) is 93.0 cm³/mol. The topological polar surface area (TPSA) is 39.7 Å². The Morgan fingerprint density at radius 2 is 2.04 bits per heavy atom. The quantitative estimate of drug-likeness (QED) is 0.848. The molecule has 2 heterocycles. The Kier molecular flexibility index (Phi) is 4.30. The summed E-state index contributed by atoms with van der Waals surface area (Å²) in [5.41, 5.74) is 3.83. The van der Waals surface area contributed by atoms with Crippen molar-refractivity contribution in [1.82, 2.24) is 5.32 Å². The van der Waals surface area contributed by atoms with Crippen molar-refractivity contribution in [3.8, 4) is 17.2 Å². The molecular formula is C20H23NO3. The highest BCUT2D eigenvalue weighted by Gasteiger charge is 2.26. The van der Waals surface area contributed by atoms with Gasteiger partial charge in [0.15, 0.2) is 11.5 Å². The van der Waals surface area contributed by atoms with Gasteiger partial charge in [-0.3, -0.25) is 0 Å². The third-order valence-electron chi connectivity index (χ3n) is 4.65. The van der Waals surface area contributed by atoms with E-state index in [9.17, 15) is 0 Å². The minimum atomic E-state index is 0.165. The molecule has 1 atom stereocenters. The lowest BCUT2D eigenvalue weighted by atomic mass is 9.89. The van der Waals surface area contributed by atoms with Gasteiger partial charge in [-0.25, -0.2) is 0 Å². The fourth-order valence-electron chi connectivity index (χ4n) is 3.36. The van der Waals surface area contributed by atoms with Gasteiger partial charge in [0.2, 0.25) is 6.79 Å². The van der Waals surface area contributed by atoms with E-state index in [-0.39, 0.29) is 6.04 Å². The van der Waals surface area contributed by atoms with Crippen molar-refractivity contribution in [1.29, 1.82) is 0 Å². The third-order valence-corrected chi connectivity index (χ3v) is 4.65. The van der Waals surface area contributed by atoms with Crippen LogP contribution in [0.4, 0.5) is 0 Å². The van der Waals surface area contributed by atoms with Gasteiger partial charge >= 0.3 is 0 Å². The van der Waals surface area contributed by atoms with Gasteiger partial charge < -0.3 is 19.5 Å². The fraction of sp³-hybridized carbons (Fsp3) is 0.400. The van der Waals surface area contributed by atoms with Gasteiger partial charge in [-0.1, -0.05) is 25.5 Å². The second kappa shape index (κ2) is 6.73. The normalized spacial score (nSPS) is 18.3. The van der Waals surface area contributed by atoms with E-state index in [4.69, 9.17) is 14.2 Å². The molecule has 4 heteroatoms. The molecule has 4 rings (SSSR count). The summed E-state index contributed by atoms with van der Waals surface area (Å²) in [6.45, 7) is 4.22. The van der Waals surface area contributed by atoms with Gasteiger partial charge in [-0.05, 0) is 53.8 Å². The minimum absolute atomic E-state index is 0.165. The molecule has 1 N–H and O–H groups in total. The third kappa shape index (κ3) is 2.94. The zero-order valence-corrected chi connectivity index (χ0v) is 14.0. The Morgan fingerprint density at radius 3 is 2.92 bits per heavy atom. The van der Waals surface area contributed by atoms with Gasteiger partial charge in [0.25, 0.3) is 0 Å². The van der Waals surface area contributed by atoms with Crippen LogP contribution in [0.25, 0.3) is 0 Å². The molecule has 0 saturated heterocycles. The first-order chi connectivity index (χ1) is 11.8. The van der Waals surface area contributed by atoms with E-state index in [2.05, 4.69) is 42.6 Å². The first kappa shape index (κ1) is 15.3. The average molecular weight is 325 g/mol. The Balaban J connectivity index is 1.63. The maximum atomic E-state index is 5.87. The maximum Gasteiger partial charge on any atom is 0.231 e. The van der Waals surface area contributed by atoms with Crippen LogP contribution in [0.15, 0.2) is 36.4 Å². The second-order valence-electron chi connectivity index (χ2n) is 6.32. The van der Waals surface area contributed by atoms with E-state index in [0.717, 1.165) is 49.7 Å². The second-order valence-corrected chi connectivity index (χ2v) is 6.32. The molecule has 1 unspecified atom stereocenters. The van der Waals surface area contributed by atoms with E-state index < -0.39 is 0 Å². The zero-order valence-electron chi connectivity index (χ0n) is 14.0. The molecule has 126 valence electrons. The summed E-state index contributed by atoms with van der Waals surface area (Å²) in [6.07, 6.45) is 3.23. The maximum absolute atomic E-state index is 5.87. The lowest BCUT2D eigenvalue weighted by Gasteiger charge is -2.28.